The lowest BCUT2D eigenvalue weighted by Crippen LogP contribution is -2.19. The summed E-state index contributed by atoms with van der Waals surface area (Å²) in [5, 5.41) is 0. The molecule has 0 amide bonds. The fourth-order valence-electron chi connectivity index (χ4n) is 14.8. The second kappa shape index (κ2) is 33.7. The molecule has 402 valence electrons. The molecule has 0 spiro atoms. The highest BCUT2D eigenvalue weighted by molar-refractivity contribution is 4.86. The quantitative estimate of drug-likeness (QED) is 0.194. The maximum absolute atomic E-state index is 2.47. The van der Waals surface area contributed by atoms with Crippen molar-refractivity contribution in [1.82, 2.24) is 0 Å². The van der Waals surface area contributed by atoms with Gasteiger partial charge >= 0.3 is 0 Å². The number of rotatable bonds is 11. The van der Waals surface area contributed by atoms with E-state index in [-0.39, 0.29) is 0 Å². The van der Waals surface area contributed by atoms with Crippen molar-refractivity contribution in [2.75, 3.05) is 0 Å². The van der Waals surface area contributed by atoms with Crippen LogP contribution in [0.5, 0.6) is 0 Å². The van der Waals surface area contributed by atoms with Crippen LogP contribution in [0, 0.1) is 55.7 Å². The van der Waals surface area contributed by atoms with Crippen LogP contribution in [0.15, 0.2) is 0 Å². The van der Waals surface area contributed by atoms with E-state index in [0.29, 0.717) is 16.2 Å². The average molecular weight is 940 g/mol. The number of hydrogen-bond acceptors (Lipinski definition) is 0. The molecule has 6 unspecified atom stereocenters. The van der Waals surface area contributed by atoms with Crippen molar-refractivity contribution < 1.29 is 0 Å². The second-order valence-electron chi connectivity index (χ2n) is 28.3. The van der Waals surface area contributed by atoms with Gasteiger partial charge in [0.05, 0.1) is 0 Å². The minimum absolute atomic E-state index is 0.703. The Kier molecular flexibility index (Phi) is 32.7. The Morgan fingerprint density at radius 1 is 0.284 bits per heavy atom. The second-order valence-corrected chi connectivity index (χ2v) is 28.3. The summed E-state index contributed by atoms with van der Waals surface area (Å²) in [6, 6.07) is 0. The lowest BCUT2D eigenvalue weighted by Gasteiger charge is -2.33. The third-order valence-corrected chi connectivity index (χ3v) is 20.9. The molecule has 0 aromatic rings. The van der Waals surface area contributed by atoms with Crippen molar-refractivity contribution in [1.29, 1.82) is 0 Å². The highest BCUT2D eigenvalue weighted by Crippen LogP contribution is 2.47. The maximum atomic E-state index is 2.47. The van der Waals surface area contributed by atoms with Gasteiger partial charge in [-0.15, -0.1) is 0 Å². The molecule has 6 atom stereocenters. The summed E-state index contributed by atoms with van der Waals surface area (Å²) in [4.78, 5) is 0. The van der Waals surface area contributed by atoms with Crippen molar-refractivity contribution in [3.05, 3.63) is 0 Å². The molecule has 0 heterocycles. The minimum atomic E-state index is 0.703. The molecule has 0 nitrogen and oxygen atoms in total. The Labute approximate surface area is 428 Å². The lowest BCUT2D eigenvalue weighted by atomic mass is 9.73. The molecule has 7 aliphatic rings. The van der Waals surface area contributed by atoms with Crippen molar-refractivity contribution in [2.24, 2.45) is 55.7 Å². The Bertz CT molecular complexity index is 1060. The summed E-state index contributed by atoms with van der Waals surface area (Å²) in [7, 11) is 0. The molecule has 7 saturated carbocycles. The highest BCUT2D eigenvalue weighted by atomic mass is 14.4. The third-order valence-electron chi connectivity index (χ3n) is 20.9. The van der Waals surface area contributed by atoms with E-state index in [4.69, 9.17) is 0 Å². The van der Waals surface area contributed by atoms with Crippen LogP contribution < -0.4 is 0 Å². The van der Waals surface area contributed by atoms with Crippen LogP contribution >= 0.6 is 0 Å². The standard InChI is InChI=1S/4C10H20.3C9H18/c1-4-7-10(3)8-5-6-9(10)2;1-4-6-10(3)7-5-9(2)8-10;2*1-3-7-10(2)8-5-4-6-9-10;1-4-9(3)6-5-8(2)7-9;2*1-3-9(2)7-5-4-6-8-9/h2*9H,4-8H2,1-3H3;2*3-9H2,1-2H3;8H,4-7H2,1-3H3;2*3-8H2,1-2H3. The maximum Gasteiger partial charge on any atom is -0.0300 e. The van der Waals surface area contributed by atoms with Crippen molar-refractivity contribution in [2.45, 2.75) is 375 Å². The zero-order chi connectivity index (χ0) is 50.5. The Morgan fingerprint density at radius 3 is 0.806 bits per heavy atom. The minimum Gasteiger partial charge on any atom is -0.0654 e. The van der Waals surface area contributed by atoms with Gasteiger partial charge in [0.2, 0.25) is 0 Å². The highest BCUT2D eigenvalue weighted by Gasteiger charge is 2.35. The molecule has 0 aliphatic heterocycles. The Balaban J connectivity index is 0.000000391. The molecule has 0 aromatic heterocycles. The van der Waals surface area contributed by atoms with Crippen molar-refractivity contribution >= 4 is 0 Å². The zero-order valence-corrected chi connectivity index (χ0v) is 50.5. The molecular formula is C67H134. The van der Waals surface area contributed by atoms with Gasteiger partial charge in [0.25, 0.3) is 0 Å². The first-order valence-electron chi connectivity index (χ1n) is 31.6. The molecule has 7 aliphatic carbocycles. The zero-order valence-electron chi connectivity index (χ0n) is 50.5. The summed E-state index contributed by atoms with van der Waals surface area (Å²) in [5.74, 6) is 2.97. The van der Waals surface area contributed by atoms with E-state index in [2.05, 4.69) is 118 Å². The molecule has 0 N–H and O–H groups in total. The fraction of sp³-hybridized carbons (Fsp3) is 1.00. The third kappa shape index (κ3) is 27.0. The van der Waals surface area contributed by atoms with Gasteiger partial charge in [-0.2, -0.15) is 0 Å². The van der Waals surface area contributed by atoms with Gasteiger partial charge in [0, 0.05) is 0 Å². The molecule has 7 rings (SSSR count). The van der Waals surface area contributed by atoms with E-state index in [0.717, 1.165) is 39.4 Å². The van der Waals surface area contributed by atoms with Crippen LogP contribution in [0.2, 0.25) is 0 Å². The normalized spacial score (nSPS) is 32.3. The molecule has 0 aromatic carbocycles. The van der Waals surface area contributed by atoms with Crippen LogP contribution in [-0.2, 0) is 0 Å². The van der Waals surface area contributed by atoms with Gasteiger partial charge in [-0.3, -0.25) is 0 Å². The first kappa shape index (κ1) is 65.0. The molecule has 0 saturated heterocycles. The van der Waals surface area contributed by atoms with E-state index >= 15 is 0 Å². The van der Waals surface area contributed by atoms with Crippen molar-refractivity contribution in [3.8, 4) is 0 Å². The average Bonchev–Trinajstić information content (AvgIpc) is 3.96. The van der Waals surface area contributed by atoms with Gasteiger partial charge in [-0.25, -0.2) is 0 Å². The molecule has 67 heavy (non-hydrogen) atoms. The smallest absolute Gasteiger partial charge is 0.0300 e. The number of hydrogen-bond donors (Lipinski definition) is 0. The summed E-state index contributed by atoms with van der Waals surface area (Å²) in [6.45, 7) is 40.5. The van der Waals surface area contributed by atoms with Gasteiger partial charge in [-0.1, -0.05) is 265 Å². The Hall–Kier alpha value is 0. The molecule has 0 heteroatoms. The van der Waals surface area contributed by atoms with Crippen LogP contribution in [0.25, 0.3) is 0 Å². The molecule has 7 fully saturated rings. The first-order chi connectivity index (χ1) is 31.6. The van der Waals surface area contributed by atoms with Crippen LogP contribution in [0.3, 0.4) is 0 Å². The monoisotopic (exact) mass is 939 g/mol. The van der Waals surface area contributed by atoms with Gasteiger partial charge < -0.3 is 0 Å². The fourth-order valence-corrected chi connectivity index (χ4v) is 14.8. The van der Waals surface area contributed by atoms with Gasteiger partial charge in [-0.05, 0) is 165 Å². The van der Waals surface area contributed by atoms with E-state index in [1.54, 1.807) is 0 Å². The van der Waals surface area contributed by atoms with Crippen LogP contribution in [0.1, 0.15) is 375 Å². The predicted octanol–water partition coefficient (Wildman–Crippen LogP) is 24.7. The van der Waals surface area contributed by atoms with Gasteiger partial charge in [0.15, 0.2) is 0 Å². The molecular weight excluding hydrogens is 805 g/mol. The van der Waals surface area contributed by atoms with E-state index in [9.17, 15) is 0 Å². The van der Waals surface area contributed by atoms with Crippen LogP contribution in [0.4, 0.5) is 0 Å². The van der Waals surface area contributed by atoms with E-state index in [1.807, 2.05) is 0 Å². The van der Waals surface area contributed by atoms with Crippen LogP contribution in [-0.4, -0.2) is 0 Å². The Morgan fingerprint density at radius 2 is 0.582 bits per heavy atom. The lowest BCUT2D eigenvalue weighted by molar-refractivity contribution is 0.197. The predicted molar refractivity (Wildman–Crippen MR) is 309 cm³/mol. The summed E-state index contributed by atoms with van der Waals surface area (Å²) in [6.07, 6.45) is 58.2. The van der Waals surface area contributed by atoms with Gasteiger partial charge in [0.1, 0.15) is 0 Å². The topological polar surface area (TPSA) is 0 Å². The van der Waals surface area contributed by atoms with Crippen molar-refractivity contribution in [3.63, 3.8) is 0 Å². The summed E-state index contributed by atoms with van der Waals surface area (Å²) < 4.78 is 0. The largest absolute Gasteiger partial charge is 0.0654 e. The summed E-state index contributed by atoms with van der Waals surface area (Å²) >= 11 is 0. The molecule has 0 bridgehead atoms. The summed E-state index contributed by atoms with van der Waals surface area (Å²) in [5.41, 5.74) is 5.03. The SMILES string of the molecule is CCC1(C)CCC(C)C1.CCC1(C)CCCCC1.CCC1(C)CCCCC1.CCCC1(C)CCC(C)C1.CCCC1(C)CCCC1C.CCCC1(C)CCCCC1.CCCC1(C)CCCCC1. The molecule has 0 radical (unpaired) electrons. The van der Waals surface area contributed by atoms with E-state index in [1.165, 1.54) is 257 Å². The van der Waals surface area contributed by atoms with E-state index < -0.39 is 0 Å². The first-order valence-corrected chi connectivity index (χ1v) is 31.6.